The molecular formula is C17H15FN2O3. The Balaban J connectivity index is 1.77. The van der Waals surface area contributed by atoms with Crippen molar-refractivity contribution >= 4 is 11.6 Å². The summed E-state index contributed by atoms with van der Waals surface area (Å²) in [6.45, 7) is 2.59. The van der Waals surface area contributed by atoms with Gasteiger partial charge in [-0.2, -0.15) is 5.10 Å². The number of benzene rings is 2. The monoisotopic (exact) mass is 314 g/mol. The second-order valence-corrected chi connectivity index (χ2v) is 4.97. The zero-order valence-corrected chi connectivity index (χ0v) is 12.5. The number of ether oxygens (including phenoxy) is 2. The third kappa shape index (κ3) is 3.31. The van der Waals surface area contributed by atoms with E-state index in [0.29, 0.717) is 36.0 Å². The van der Waals surface area contributed by atoms with E-state index < -0.39 is 5.91 Å². The third-order valence-electron chi connectivity index (χ3n) is 3.40. The molecule has 0 atom stereocenters. The van der Waals surface area contributed by atoms with Gasteiger partial charge in [0, 0.05) is 0 Å². The number of hydrazone groups is 1. The topological polar surface area (TPSA) is 59.9 Å². The van der Waals surface area contributed by atoms with Crippen LogP contribution >= 0.6 is 0 Å². The first-order valence-electron chi connectivity index (χ1n) is 7.14. The molecule has 1 N–H and O–H groups in total. The van der Waals surface area contributed by atoms with Crippen LogP contribution in [0.5, 0.6) is 11.5 Å². The molecule has 2 aromatic carbocycles. The fourth-order valence-corrected chi connectivity index (χ4v) is 2.20. The summed E-state index contributed by atoms with van der Waals surface area (Å²) in [5.74, 6) is 0.251. The van der Waals surface area contributed by atoms with Gasteiger partial charge >= 0.3 is 0 Å². The van der Waals surface area contributed by atoms with Crippen molar-refractivity contribution < 1.29 is 18.7 Å². The quantitative estimate of drug-likeness (QED) is 0.700. The molecule has 0 aromatic heterocycles. The van der Waals surface area contributed by atoms with Crippen LogP contribution in [0.25, 0.3) is 0 Å². The number of halogens is 1. The van der Waals surface area contributed by atoms with Crippen molar-refractivity contribution in [2.45, 2.75) is 6.92 Å². The standard InChI is InChI=1S/C17H15FN2O3/c1-11(12-5-7-13(18)8-6-12)19-20-17(21)14-3-2-4-15-16(14)23-10-9-22-15/h2-8H,9-10H2,1H3,(H,20,21)/b19-11+. The minimum absolute atomic E-state index is 0.321. The van der Waals surface area contributed by atoms with Gasteiger partial charge in [-0.05, 0) is 36.8 Å². The van der Waals surface area contributed by atoms with E-state index in [1.807, 2.05) is 0 Å². The van der Waals surface area contributed by atoms with Crippen LogP contribution in [-0.4, -0.2) is 24.8 Å². The van der Waals surface area contributed by atoms with Crippen molar-refractivity contribution in [3.8, 4) is 11.5 Å². The first-order valence-corrected chi connectivity index (χ1v) is 7.14. The van der Waals surface area contributed by atoms with Gasteiger partial charge in [0.05, 0.1) is 11.3 Å². The van der Waals surface area contributed by atoms with Crippen molar-refractivity contribution in [1.29, 1.82) is 0 Å². The molecule has 5 nitrogen and oxygen atoms in total. The highest BCUT2D eigenvalue weighted by atomic mass is 19.1. The number of nitrogens with one attached hydrogen (secondary N) is 1. The summed E-state index contributed by atoms with van der Waals surface area (Å²) in [4.78, 5) is 12.3. The molecule has 23 heavy (non-hydrogen) atoms. The number of fused-ring (bicyclic) bond motifs is 1. The maximum atomic E-state index is 12.9. The number of para-hydroxylation sites is 1. The molecule has 0 bridgehead atoms. The van der Waals surface area contributed by atoms with Gasteiger partial charge in [0.2, 0.25) is 0 Å². The van der Waals surface area contributed by atoms with Gasteiger partial charge in [-0.1, -0.05) is 18.2 Å². The van der Waals surface area contributed by atoms with E-state index in [4.69, 9.17) is 9.47 Å². The average Bonchev–Trinajstić information content (AvgIpc) is 2.59. The molecule has 0 saturated heterocycles. The Morgan fingerprint density at radius 2 is 1.87 bits per heavy atom. The second kappa shape index (κ2) is 6.48. The summed E-state index contributed by atoms with van der Waals surface area (Å²) in [6, 6.07) is 11.0. The summed E-state index contributed by atoms with van der Waals surface area (Å²) in [5, 5.41) is 4.05. The van der Waals surface area contributed by atoms with Gasteiger partial charge in [0.1, 0.15) is 19.0 Å². The van der Waals surface area contributed by atoms with E-state index in [9.17, 15) is 9.18 Å². The van der Waals surface area contributed by atoms with Gasteiger partial charge in [0.25, 0.3) is 5.91 Å². The second-order valence-electron chi connectivity index (χ2n) is 4.97. The van der Waals surface area contributed by atoms with Crippen LogP contribution in [0.15, 0.2) is 47.6 Å². The minimum atomic E-state index is -0.395. The average molecular weight is 314 g/mol. The molecule has 0 fully saturated rings. The van der Waals surface area contributed by atoms with Gasteiger partial charge < -0.3 is 9.47 Å². The van der Waals surface area contributed by atoms with Crippen molar-refractivity contribution in [2.75, 3.05) is 13.2 Å². The molecule has 0 unspecified atom stereocenters. The van der Waals surface area contributed by atoms with Crippen molar-refractivity contribution in [2.24, 2.45) is 5.10 Å². The number of carbonyl (C=O) groups is 1. The third-order valence-corrected chi connectivity index (χ3v) is 3.40. The van der Waals surface area contributed by atoms with Gasteiger partial charge in [-0.15, -0.1) is 0 Å². The Hall–Kier alpha value is -2.89. The minimum Gasteiger partial charge on any atom is -0.486 e. The van der Waals surface area contributed by atoms with E-state index in [2.05, 4.69) is 10.5 Å². The molecule has 0 spiro atoms. The smallest absolute Gasteiger partial charge is 0.275 e. The van der Waals surface area contributed by atoms with Crippen LogP contribution in [-0.2, 0) is 0 Å². The van der Waals surface area contributed by atoms with Gasteiger partial charge in [-0.25, -0.2) is 9.82 Å². The van der Waals surface area contributed by atoms with Gasteiger partial charge in [0.15, 0.2) is 11.5 Å². The fourth-order valence-electron chi connectivity index (χ4n) is 2.20. The molecule has 0 aliphatic carbocycles. The van der Waals surface area contributed by atoms with Crippen LogP contribution < -0.4 is 14.9 Å². The highest BCUT2D eigenvalue weighted by Gasteiger charge is 2.20. The number of rotatable bonds is 3. The lowest BCUT2D eigenvalue weighted by molar-refractivity contribution is 0.0943. The number of nitrogens with zero attached hydrogens (tertiary/aromatic N) is 1. The zero-order chi connectivity index (χ0) is 16.2. The number of hydrogen-bond donors (Lipinski definition) is 1. The maximum Gasteiger partial charge on any atom is 0.275 e. The number of amides is 1. The SMILES string of the molecule is C/C(=N\NC(=O)c1cccc2c1OCCO2)c1ccc(F)cc1. The largest absolute Gasteiger partial charge is 0.486 e. The zero-order valence-electron chi connectivity index (χ0n) is 12.5. The summed E-state index contributed by atoms with van der Waals surface area (Å²) in [5.41, 5.74) is 4.13. The van der Waals surface area contributed by atoms with Crippen LogP contribution in [0, 0.1) is 5.82 Å². The summed E-state index contributed by atoms with van der Waals surface area (Å²) >= 11 is 0. The molecule has 1 heterocycles. The molecular weight excluding hydrogens is 299 g/mol. The normalized spacial score (nSPS) is 13.6. The Bertz CT molecular complexity index is 757. The molecule has 0 saturated carbocycles. The van der Waals surface area contributed by atoms with E-state index in [1.54, 1.807) is 37.3 Å². The lowest BCUT2D eigenvalue weighted by atomic mass is 10.1. The van der Waals surface area contributed by atoms with Crippen LogP contribution in [0.3, 0.4) is 0 Å². The van der Waals surface area contributed by atoms with E-state index in [0.717, 1.165) is 5.56 Å². The fraction of sp³-hybridized carbons (Fsp3) is 0.176. The van der Waals surface area contributed by atoms with E-state index >= 15 is 0 Å². The highest BCUT2D eigenvalue weighted by molar-refractivity contribution is 6.02. The maximum absolute atomic E-state index is 12.9. The molecule has 3 rings (SSSR count). The number of hydrogen-bond acceptors (Lipinski definition) is 4. The van der Waals surface area contributed by atoms with Crippen LogP contribution in [0.1, 0.15) is 22.8 Å². The molecule has 1 aliphatic heterocycles. The number of carbonyl (C=O) groups excluding carboxylic acids is 1. The van der Waals surface area contributed by atoms with Crippen molar-refractivity contribution in [1.82, 2.24) is 5.43 Å². The van der Waals surface area contributed by atoms with Crippen molar-refractivity contribution in [3.63, 3.8) is 0 Å². The molecule has 0 radical (unpaired) electrons. The Morgan fingerprint density at radius 3 is 2.65 bits per heavy atom. The van der Waals surface area contributed by atoms with Crippen molar-refractivity contribution in [3.05, 3.63) is 59.4 Å². The molecule has 118 valence electrons. The van der Waals surface area contributed by atoms with Crippen LogP contribution in [0.2, 0.25) is 0 Å². The Kier molecular flexibility index (Phi) is 4.23. The van der Waals surface area contributed by atoms with Crippen LogP contribution in [0.4, 0.5) is 4.39 Å². The Morgan fingerprint density at radius 1 is 1.13 bits per heavy atom. The van der Waals surface area contributed by atoms with E-state index in [-0.39, 0.29) is 5.82 Å². The summed E-state index contributed by atoms with van der Waals surface area (Å²) < 4.78 is 23.9. The predicted molar refractivity (Wildman–Crippen MR) is 83.5 cm³/mol. The summed E-state index contributed by atoms with van der Waals surface area (Å²) in [6.07, 6.45) is 0. The molecule has 1 amide bonds. The lowest BCUT2D eigenvalue weighted by Crippen LogP contribution is -2.23. The first kappa shape index (κ1) is 15.0. The first-order chi connectivity index (χ1) is 11.1. The molecule has 6 heteroatoms. The summed E-state index contributed by atoms with van der Waals surface area (Å²) in [7, 11) is 0. The Labute approximate surface area is 132 Å². The lowest BCUT2D eigenvalue weighted by Gasteiger charge is -2.20. The molecule has 2 aromatic rings. The highest BCUT2D eigenvalue weighted by Crippen LogP contribution is 2.33. The predicted octanol–water partition coefficient (Wildman–Crippen LogP) is 2.75. The molecule has 1 aliphatic rings. The van der Waals surface area contributed by atoms with Gasteiger partial charge in [-0.3, -0.25) is 4.79 Å². The van der Waals surface area contributed by atoms with E-state index in [1.165, 1.54) is 12.1 Å².